The van der Waals surface area contributed by atoms with Crippen molar-refractivity contribution in [3.05, 3.63) is 59.7 Å². The maximum atomic E-state index is 12.5. The fourth-order valence-electron chi connectivity index (χ4n) is 2.56. The van der Waals surface area contributed by atoms with Crippen molar-refractivity contribution in [3.8, 4) is 5.75 Å². The quantitative estimate of drug-likeness (QED) is 0.622. The molecule has 0 aliphatic carbocycles. The highest BCUT2D eigenvalue weighted by atomic mass is 32.2. The summed E-state index contributed by atoms with van der Waals surface area (Å²) in [6.07, 6.45) is 3.65. The molecule has 0 saturated heterocycles. The van der Waals surface area contributed by atoms with E-state index >= 15 is 0 Å². The van der Waals surface area contributed by atoms with Gasteiger partial charge in [0.2, 0.25) is 0 Å². The molecule has 1 heterocycles. The van der Waals surface area contributed by atoms with Crippen LogP contribution in [0.1, 0.15) is 18.1 Å². The highest BCUT2D eigenvalue weighted by Gasteiger charge is 2.19. The monoisotopic (exact) mass is 373 g/mol. The van der Waals surface area contributed by atoms with Crippen molar-refractivity contribution in [1.82, 2.24) is 0 Å². The Kier molecular flexibility index (Phi) is 5.27. The minimum atomic E-state index is -3.68. The third-order valence-electron chi connectivity index (χ3n) is 3.83. The van der Waals surface area contributed by atoms with Gasteiger partial charge in [0.05, 0.1) is 18.1 Å². The zero-order chi connectivity index (χ0) is 18.6. The SMILES string of the molecule is CCOC(=O)/C=C/c1ccc(NS(=O)(=O)c2ccc3c(c2)CCO3)cc1. The molecule has 0 fully saturated rings. The molecule has 0 atom stereocenters. The number of carbonyl (C=O) groups is 1. The fourth-order valence-corrected chi connectivity index (χ4v) is 3.67. The lowest BCUT2D eigenvalue weighted by Crippen LogP contribution is -2.13. The van der Waals surface area contributed by atoms with Crippen LogP contribution in [0.2, 0.25) is 0 Å². The number of rotatable bonds is 6. The molecule has 1 aliphatic heterocycles. The van der Waals surface area contributed by atoms with E-state index in [2.05, 4.69) is 4.72 Å². The third kappa shape index (κ3) is 4.23. The van der Waals surface area contributed by atoms with Crippen molar-refractivity contribution in [2.45, 2.75) is 18.2 Å². The number of nitrogens with one attached hydrogen (secondary N) is 1. The average Bonchev–Trinajstić information content (AvgIpc) is 3.09. The average molecular weight is 373 g/mol. The summed E-state index contributed by atoms with van der Waals surface area (Å²) < 4.78 is 37.9. The predicted octanol–water partition coefficient (Wildman–Crippen LogP) is 3.00. The Bertz CT molecular complexity index is 933. The molecule has 3 rings (SSSR count). The molecule has 1 N–H and O–H groups in total. The summed E-state index contributed by atoms with van der Waals surface area (Å²) in [4.78, 5) is 11.5. The van der Waals surface area contributed by atoms with Crippen LogP contribution >= 0.6 is 0 Å². The Morgan fingerprint density at radius 3 is 2.73 bits per heavy atom. The van der Waals surface area contributed by atoms with Gasteiger partial charge in [-0.3, -0.25) is 4.72 Å². The molecule has 0 spiro atoms. The van der Waals surface area contributed by atoms with Gasteiger partial charge in [0.15, 0.2) is 0 Å². The summed E-state index contributed by atoms with van der Waals surface area (Å²) in [6, 6.07) is 11.6. The molecular formula is C19H19NO5S. The zero-order valence-corrected chi connectivity index (χ0v) is 15.1. The van der Waals surface area contributed by atoms with E-state index in [4.69, 9.17) is 9.47 Å². The summed E-state index contributed by atoms with van der Waals surface area (Å²) in [5, 5.41) is 0. The maximum absolute atomic E-state index is 12.5. The van der Waals surface area contributed by atoms with Crippen LogP contribution in [0.15, 0.2) is 53.4 Å². The number of hydrogen-bond donors (Lipinski definition) is 1. The number of carbonyl (C=O) groups excluding carboxylic acids is 1. The molecule has 0 unspecified atom stereocenters. The molecular weight excluding hydrogens is 354 g/mol. The first-order valence-corrected chi connectivity index (χ1v) is 9.70. The molecule has 0 amide bonds. The van der Waals surface area contributed by atoms with Crippen LogP contribution in [0, 0.1) is 0 Å². The summed E-state index contributed by atoms with van der Waals surface area (Å²) in [5.41, 5.74) is 2.10. The number of ether oxygens (including phenoxy) is 2. The minimum Gasteiger partial charge on any atom is -0.493 e. The van der Waals surface area contributed by atoms with Crippen LogP contribution < -0.4 is 9.46 Å². The van der Waals surface area contributed by atoms with E-state index in [-0.39, 0.29) is 4.90 Å². The smallest absolute Gasteiger partial charge is 0.330 e. The molecule has 136 valence electrons. The van der Waals surface area contributed by atoms with E-state index in [0.717, 1.165) is 16.9 Å². The second kappa shape index (κ2) is 7.61. The third-order valence-corrected chi connectivity index (χ3v) is 5.21. The number of fused-ring (bicyclic) bond motifs is 1. The van der Waals surface area contributed by atoms with Crippen molar-refractivity contribution in [2.75, 3.05) is 17.9 Å². The Balaban J connectivity index is 1.71. The minimum absolute atomic E-state index is 0.202. The summed E-state index contributed by atoms with van der Waals surface area (Å²) in [6.45, 7) is 2.63. The predicted molar refractivity (Wildman–Crippen MR) is 98.6 cm³/mol. The Morgan fingerprint density at radius 1 is 1.23 bits per heavy atom. The molecule has 7 heteroatoms. The van der Waals surface area contributed by atoms with Gasteiger partial charge in [-0.1, -0.05) is 12.1 Å². The van der Waals surface area contributed by atoms with Crippen molar-refractivity contribution >= 4 is 27.8 Å². The van der Waals surface area contributed by atoms with Crippen LogP contribution in [0.5, 0.6) is 5.75 Å². The molecule has 0 aromatic heterocycles. The van der Waals surface area contributed by atoms with Crippen LogP contribution in [-0.2, 0) is 26.0 Å². The van der Waals surface area contributed by atoms with Crippen LogP contribution in [0.3, 0.4) is 0 Å². The highest BCUT2D eigenvalue weighted by Crippen LogP contribution is 2.28. The van der Waals surface area contributed by atoms with Gasteiger partial charge in [-0.25, -0.2) is 13.2 Å². The van der Waals surface area contributed by atoms with Crippen LogP contribution in [-0.4, -0.2) is 27.6 Å². The van der Waals surface area contributed by atoms with Gasteiger partial charge in [0.25, 0.3) is 10.0 Å². The first-order valence-electron chi connectivity index (χ1n) is 8.21. The van der Waals surface area contributed by atoms with Gasteiger partial charge in [-0.05, 0) is 54.5 Å². The largest absolute Gasteiger partial charge is 0.493 e. The fraction of sp³-hybridized carbons (Fsp3) is 0.211. The van der Waals surface area contributed by atoms with Gasteiger partial charge in [-0.15, -0.1) is 0 Å². The van der Waals surface area contributed by atoms with E-state index in [1.165, 1.54) is 12.1 Å². The maximum Gasteiger partial charge on any atom is 0.330 e. The Morgan fingerprint density at radius 2 is 2.00 bits per heavy atom. The highest BCUT2D eigenvalue weighted by molar-refractivity contribution is 7.92. The van der Waals surface area contributed by atoms with E-state index in [1.54, 1.807) is 49.4 Å². The number of esters is 1. The van der Waals surface area contributed by atoms with Crippen molar-refractivity contribution in [1.29, 1.82) is 0 Å². The number of anilines is 1. The molecule has 0 saturated carbocycles. The van der Waals surface area contributed by atoms with Crippen LogP contribution in [0.4, 0.5) is 5.69 Å². The van der Waals surface area contributed by atoms with Crippen molar-refractivity contribution < 1.29 is 22.7 Å². The van der Waals surface area contributed by atoms with E-state index in [1.807, 2.05) is 0 Å². The molecule has 0 bridgehead atoms. The Hall–Kier alpha value is -2.80. The Labute approximate surface area is 152 Å². The zero-order valence-electron chi connectivity index (χ0n) is 14.3. The van der Waals surface area contributed by atoms with Crippen molar-refractivity contribution in [2.24, 2.45) is 0 Å². The van der Waals surface area contributed by atoms with E-state index in [0.29, 0.717) is 25.3 Å². The van der Waals surface area contributed by atoms with Gasteiger partial charge < -0.3 is 9.47 Å². The number of hydrogen-bond acceptors (Lipinski definition) is 5. The van der Waals surface area contributed by atoms with E-state index < -0.39 is 16.0 Å². The molecule has 2 aromatic carbocycles. The molecule has 2 aromatic rings. The van der Waals surface area contributed by atoms with Crippen molar-refractivity contribution in [3.63, 3.8) is 0 Å². The van der Waals surface area contributed by atoms with E-state index in [9.17, 15) is 13.2 Å². The second-order valence-electron chi connectivity index (χ2n) is 5.68. The lowest BCUT2D eigenvalue weighted by Gasteiger charge is -2.09. The number of sulfonamides is 1. The first kappa shape index (κ1) is 18.0. The molecule has 6 nitrogen and oxygen atoms in total. The summed E-state index contributed by atoms with van der Waals surface area (Å²) >= 11 is 0. The van der Waals surface area contributed by atoms with Gasteiger partial charge in [0.1, 0.15) is 5.75 Å². The first-order chi connectivity index (χ1) is 12.5. The number of benzene rings is 2. The van der Waals surface area contributed by atoms with Crippen LogP contribution in [0.25, 0.3) is 6.08 Å². The molecule has 0 radical (unpaired) electrons. The lowest BCUT2D eigenvalue weighted by molar-refractivity contribution is -0.137. The molecule has 1 aliphatic rings. The normalized spacial score (nSPS) is 13.3. The molecule has 26 heavy (non-hydrogen) atoms. The summed E-state index contributed by atoms with van der Waals surface area (Å²) in [5.74, 6) is 0.319. The van der Waals surface area contributed by atoms with Gasteiger partial charge >= 0.3 is 5.97 Å². The standard InChI is InChI=1S/C19H19NO5S/c1-2-24-19(21)10-5-14-3-6-16(7-4-14)20-26(22,23)17-8-9-18-15(13-17)11-12-25-18/h3-10,13,20H,2,11-12H2,1H3/b10-5+. The van der Waals surface area contributed by atoms with Gasteiger partial charge in [0, 0.05) is 18.2 Å². The second-order valence-corrected chi connectivity index (χ2v) is 7.36. The lowest BCUT2D eigenvalue weighted by atomic mass is 10.2. The van der Waals surface area contributed by atoms with Gasteiger partial charge in [-0.2, -0.15) is 0 Å². The topological polar surface area (TPSA) is 81.7 Å². The summed E-state index contributed by atoms with van der Waals surface area (Å²) in [7, 11) is -3.68.